The van der Waals surface area contributed by atoms with Gasteiger partial charge in [-0.3, -0.25) is 9.59 Å². The van der Waals surface area contributed by atoms with Crippen molar-refractivity contribution >= 4 is 34.1 Å². The molecule has 27 heavy (non-hydrogen) atoms. The van der Waals surface area contributed by atoms with Gasteiger partial charge in [0.2, 0.25) is 0 Å². The number of rotatable bonds is 5. The number of nitrogens with one attached hydrogen (secondary N) is 1. The summed E-state index contributed by atoms with van der Waals surface area (Å²) in [5.41, 5.74) is 5.69. The molecule has 0 atom stereocenters. The van der Waals surface area contributed by atoms with Gasteiger partial charge < -0.3 is 15.8 Å². The molecule has 1 aromatic heterocycles. The van der Waals surface area contributed by atoms with Gasteiger partial charge in [-0.25, -0.2) is 13.6 Å². The first-order chi connectivity index (χ1) is 12.9. The summed E-state index contributed by atoms with van der Waals surface area (Å²) in [6, 6.07) is 2.93. The van der Waals surface area contributed by atoms with Gasteiger partial charge in [0.05, 0.1) is 5.56 Å². The van der Waals surface area contributed by atoms with Gasteiger partial charge in [-0.05, 0) is 43.4 Å². The molecule has 1 aliphatic carbocycles. The molecule has 0 fully saturated rings. The number of primary amides is 1. The molecule has 0 saturated heterocycles. The van der Waals surface area contributed by atoms with Crippen molar-refractivity contribution in [1.29, 1.82) is 0 Å². The Morgan fingerprint density at radius 1 is 1.11 bits per heavy atom. The van der Waals surface area contributed by atoms with Gasteiger partial charge in [0.25, 0.3) is 11.8 Å². The number of thiophene rings is 1. The van der Waals surface area contributed by atoms with Crippen LogP contribution < -0.4 is 11.1 Å². The van der Waals surface area contributed by atoms with E-state index < -0.39 is 41.6 Å². The van der Waals surface area contributed by atoms with Crippen molar-refractivity contribution in [3.05, 3.63) is 51.4 Å². The Labute approximate surface area is 157 Å². The highest BCUT2D eigenvalue weighted by Gasteiger charge is 2.25. The summed E-state index contributed by atoms with van der Waals surface area (Å²) in [6.07, 6.45) is 3.44. The number of aryl methyl sites for hydroxylation is 1. The molecule has 0 aliphatic heterocycles. The van der Waals surface area contributed by atoms with Crippen molar-refractivity contribution in [2.75, 3.05) is 11.9 Å². The number of ether oxygens (including phenoxy) is 1. The normalized spacial score (nSPS) is 13.0. The van der Waals surface area contributed by atoms with E-state index >= 15 is 0 Å². The fourth-order valence-electron chi connectivity index (χ4n) is 2.97. The second kappa shape index (κ2) is 7.83. The van der Waals surface area contributed by atoms with Crippen molar-refractivity contribution < 1.29 is 27.9 Å². The van der Waals surface area contributed by atoms with Crippen LogP contribution in [0.2, 0.25) is 0 Å². The summed E-state index contributed by atoms with van der Waals surface area (Å²) in [5.74, 6) is -4.83. The number of anilines is 1. The van der Waals surface area contributed by atoms with Gasteiger partial charge in [0.15, 0.2) is 6.61 Å². The molecule has 1 aliphatic rings. The van der Waals surface area contributed by atoms with Gasteiger partial charge in [0, 0.05) is 4.88 Å². The average molecular weight is 394 g/mol. The van der Waals surface area contributed by atoms with Crippen molar-refractivity contribution in [1.82, 2.24) is 0 Å². The lowest BCUT2D eigenvalue weighted by Gasteiger charge is -2.11. The van der Waals surface area contributed by atoms with E-state index in [0.717, 1.165) is 47.9 Å². The van der Waals surface area contributed by atoms with Crippen LogP contribution >= 0.6 is 11.3 Å². The summed E-state index contributed by atoms with van der Waals surface area (Å²) in [4.78, 5) is 36.7. The molecule has 2 amide bonds. The third-order valence-corrected chi connectivity index (χ3v) is 5.38. The summed E-state index contributed by atoms with van der Waals surface area (Å²) in [6.45, 7) is -0.757. The van der Waals surface area contributed by atoms with Crippen molar-refractivity contribution in [3.63, 3.8) is 0 Å². The van der Waals surface area contributed by atoms with E-state index in [0.29, 0.717) is 11.4 Å². The maximum atomic E-state index is 13.6. The van der Waals surface area contributed by atoms with E-state index in [1.165, 1.54) is 11.3 Å². The molecular formula is C18H16F2N2O4S. The Hall–Kier alpha value is -2.81. The quantitative estimate of drug-likeness (QED) is 0.762. The number of esters is 1. The number of nitrogens with two attached hydrogens (primary N) is 1. The first-order valence-corrected chi connectivity index (χ1v) is 9.05. The minimum absolute atomic E-state index is 0.273. The van der Waals surface area contributed by atoms with E-state index in [2.05, 4.69) is 10.1 Å². The molecular weight excluding hydrogens is 378 g/mol. The number of halogens is 2. The number of benzene rings is 1. The van der Waals surface area contributed by atoms with Gasteiger partial charge >= 0.3 is 5.97 Å². The Morgan fingerprint density at radius 3 is 2.44 bits per heavy atom. The van der Waals surface area contributed by atoms with E-state index in [9.17, 15) is 23.2 Å². The zero-order valence-electron chi connectivity index (χ0n) is 14.1. The monoisotopic (exact) mass is 394 g/mol. The molecule has 0 bridgehead atoms. The molecule has 0 radical (unpaired) electrons. The van der Waals surface area contributed by atoms with E-state index in [4.69, 9.17) is 5.73 Å². The molecule has 6 nitrogen and oxygen atoms in total. The van der Waals surface area contributed by atoms with E-state index in [1.54, 1.807) is 0 Å². The minimum Gasteiger partial charge on any atom is -0.452 e. The van der Waals surface area contributed by atoms with Crippen molar-refractivity contribution in [2.45, 2.75) is 25.7 Å². The number of fused-ring (bicyclic) bond motifs is 1. The Balaban J connectivity index is 1.69. The summed E-state index contributed by atoms with van der Waals surface area (Å²) < 4.78 is 31.8. The van der Waals surface area contributed by atoms with Gasteiger partial charge in [-0.2, -0.15) is 0 Å². The van der Waals surface area contributed by atoms with Gasteiger partial charge in [-0.15, -0.1) is 11.3 Å². The zero-order chi connectivity index (χ0) is 19.6. The third kappa shape index (κ3) is 3.97. The van der Waals surface area contributed by atoms with Crippen LogP contribution in [0, 0.1) is 11.6 Å². The predicted molar refractivity (Wildman–Crippen MR) is 94.7 cm³/mol. The summed E-state index contributed by atoms with van der Waals surface area (Å²) in [7, 11) is 0. The topological polar surface area (TPSA) is 98.5 Å². The number of carbonyl (C=O) groups excluding carboxylic acids is 3. The molecule has 2 aromatic rings. The molecule has 0 saturated carbocycles. The standard InChI is InChI=1S/C18H16F2N2O4S/c19-10-5-3-6-11(20)15(10)18(25)26-8-13(23)22-17-14(16(21)24)9-4-1-2-7-12(9)27-17/h3,5-6H,1-2,4,7-8H2,(H2,21,24)(H,22,23). The number of hydrogen-bond donors (Lipinski definition) is 2. The van der Waals surface area contributed by atoms with Crippen LogP contribution in [-0.4, -0.2) is 24.4 Å². The van der Waals surface area contributed by atoms with Crippen LogP contribution in [0.15, 0.2) is 18.2 Å². The van der Waals surface area contributed by atoms with E-state index in [-0.39, 0.29) is 5.56 Å². The minimum atomic E-state index is -1.29. The fraction of sp³-hybridized carbons (Fsp3) is 0.278. The van der Waals surface area contributed by atoms with Crippen molar-refractivity contribution in [3.8, 4) is 0 Å². The van der Waals surface area contributed by atoms with E-state index in [1.807, 2.05) is 0 Å². The number of amides is 2. The molecule has 0 spiro atoms. The Morgan fingerprint density at radius 2 is 1.78 bits per heavy atom. The van der Waals surface area contributed by atoms with Crippen molar-refractivity contribution in [2.24, 2.45) is 5.73 Å². The fourth-order valence-corrected chi connectivity index (χ4v) is 4.28. The lowest BCUT2D eigenvalue weighted by atomic mass is 9.95. The Kier molecular flexibility index (Phi) is 5.50. The third-order valence-electron chi connectivity index (χ3n) is 4.17. The first kappa shape index (κ1) is 19.0. The molecule has 0 unspecified atom stereocenters. The predicted octanol–water partition coefficient (Wildman–Crippen LogP) is 2.80. The SMILES string of the molecule is NC(=O)c1c(NC(=O)COC(=O)c2c(F)cccc2F)sc2c1CCCC2. The molecule has 142 valence electrons. The number of hydrogen-bond acceptors (Lipinski definition) is 5. The second-order valence-corrected chi connectivity index (χ2v) is 7.11. The van der Waals surface area contributed by atoms with Crippen LogP contribution in [0.3, 0.4) is 0 Å². The highest BCUT2D eigenvalue weighted by atomic mass is 32.1. The lowest BCUT2D eigenvalue weighted by Crippen LogP contribution is -2.23. The molecule has 3 rings (SSSR count). The zero-order valence-corrected chi connectivity index (χ0v) is 15.0. The highest BCUT2D eigenvalue weighted by Crippen LogP contribution is 2.37. The maximum Gasteiger partial charge on any atom is 0.344 e. The van der Waals surface area contributed by atoms with Gasteiger partial charge in [0.1, 0.15) is 22.2 Å². The summed E-state index contributed by atoms with van der Waals surface area (Å²) in [5, 5.41) is 2.80. The average Bonchev–Trinajstić information content (AvgIpc) is 2.97. The maximum absolute atomic E-state index is 13.6. The van der Waals surface area contributed by atoms with Crippen LogP contribution in [0.4, 0.5) is 13.8 Å². The molecule has 3 N–H and O–H groups in total. The van der Waals surface area contributed by atoms with Crippen LogP contribution in [-0.2, 0) is 22.4 Å². The summed E-state index contributed by atoms with van der Waals surface area (Å²) >= 11 is 1.26. The highest BCUT2D eigenvalue weighted by molar-refractivity contribution is 7.17. The van der Waals surface area contributed by atoms with Gasteiger partial charge in [-0.1, -0.05) is 6.07 Å². The first-order valence-electron chi connectivity index (χ1n) is 8.23. The van der Waals surface area contributed by atoms with Crippen LogP contribution in [0.25, 0.3) is 0 Å². The molecule has 1 aromatic carbocycles. The molecule has 9 heteroatoms. The van der Waals surface area contributed by atoms with Crippen LogP contribution in [0.5, 0.6) is 0 Å². The lowest BCUT2D eigenvalue weighted by molar-refractivity contribution is -0.119. The second-order valence-electron chi connectivity index (χ2n) is 6.00. The van der Waals surface area contributed by atoms with Crippen LogP contribution in [0.1, 0.15) is 44.0 Å². The smallest absolute Gasteiger partial charge is 0.344 e. The largest absolute Gasteiger partial charge is 0.452 e. The Bertz CT molecular complexity index is 906. The number of carbonyl (C=O) groups is 3. The molecule has 1 heterocycles.